The number of ether oxygens (including phenoxy) is 2. The summed E-state index contributed by atoms with van der Waals surface area (Å²) in [5.41, 5.74) is 7.04. The van der Waals surface area contributed by atoms with Gasteiger partial charge >= 0.3 is 6.09 Å². The van der Waals surface area contributed by atoms with Gasteiger partial charge in [0.25, 0.3) is 0 Å². The molecule has 0 aromatic heterocycles. The van der Waals surface area contributed by atoms with Crippen molar-refractivity contribution in [1.29, 1.82) is 0 Å². The van der Waals surface area contributed by atoms with Gasteiger partial charge in [0.05, 0.1) is 6.61 Å². The molecule has 2 N–H and O–H groups in total. The summed E-state index contributed by atoms with van der Waals surface area (Å²) in [5.74, 6) is 1.13. The maximum Gasteiger partial charge on any atom is 0.410 e. The maximum atomic E-state index is 12.2. The lowest BCUT2D eigenvalue weighted by Gasteiger charge is -2.37. The number of nitrogens with zero attached hydrogens (tertiary/aromatic N) is 1. The highest BCUT2D eigenvalue weighted by Crippen LogP contribution is 2.29. The molecule has 0 unspecified atom stereocenters. The van der Waals surface area contributed by atoms with Gasteiger partial charge in [-0.2, -0.15) is 0 Å². The van der Waals surface area contributed by atoms with E-state index < -0.39 is 5.60 Å². The Kier molecular flexibility index (Phi) is 5.52. The lowest BCUT2D eigenvalue weighted by molar-refractivity contribution is 0.0186. The Morgan fingerprint density at radius 3 is 2.48 bits per heavy atom. The maximum absolute atomic E-state index is 12.2. The van der Waals surface area contributed by atoms with Crippen molar-refractivity contribution < 1.29 is 14.3 Å². The minimum atomic E-state index is -0.479. The average Bonchev–Trinajstić information content (AvgIpc) is 2.47. The molecule has 128 valence electrons. The predicted molar refractivity (Wildman–Crippen MR) is 90.8 cm³/mol. The van der Waals surface area contributed by atoms with Gasteiger partial charge in [0.15, 0.2) is 0 Å². The average molecular weight is 320 g/mol. The number of rotatable bonds is 3. The van der Waals surface area contributed by atoms with E-state index in [1.54, 1.807) is 4.90 Å². The van der Waals surface area contributed by atoms with Gasteiger partial charge in [-0.05, 0) is 51.8 Å². The van der Waals surface area contributed by atoms with Crippen LogP contribution in [0.2, 0.25) is 0 Å². The molecule has 0 spiro atoms. The Balaban J connectivity index is 1.97. The van der Waals surface area contributed by atoms with E-state index in [2.05, 4.69) is 12.1 Å². The minimum absolute atomic E-state index is 0.0887. The standard InChI is InChI=1S/C18H28N2O3/c1-5-22-14-8-6-13(7-9-14)15-10-11-20(12-16(15)19)17(21)23-18(2,3)4/h6-9,15-16H,5,10-12,19H2,1-4H3/t15-,16+/m0/s1. The molecule has 23 heavy (non-hydrogen) atoms. The van der Waals surface area contributed by atoms with E-state index >= 15 is 0 Å². The van der Waals surface area contributed by atoms with Crippen LogP contribution in [0.15, 0.2) is 24.3 Å². The third-order valence-corrected chi connectivity index (χ3v) is 3.93. The molecule has 2 atom stereocenters. The Hall–Kier alpha value is -1.75. The monoisotopic (exact) mass is 320 g/mol. The number of piperidine rings is 1. The first-order valence-corrected chi connectivity index (χ1v) is 8.26. The van der Waals surface area contributed by atoms with Crippen molar-refractivity contribution in [3.8, 4) is 5.75 Å². The zero-order chi connectivity index (χ0) is 17.0. The molecular formula is C18H28N2O3. The van der Waals surface area contributed by atoms with Crippen LogP contribution in [0.1, 0.15) is 45.6 Å². The molecule has 2 rings (SSSR count). The summed E-state index contributed by atoms with van der Waals surface area (Å²) in [6.07, 6.45) is 0.562. The normalized spacial score (nSPS) is 21.9. The van der Waals surface area contributed by atoms with E-state index in [0.717, 1.165) is 12.2 Å². The van der Waals surface area contributed by atoms with Crippen LogP contribution in [0.3, 0.4) is 0 Å². The molecule has 1 aromatic rings. The highest BCUT2D eigenvalue weighted by Gasteiger charge is 2.32. The van der Waals surface area contributed by atoms with Crippen LogP contribution in [0.5, 0.6) is 5.75 Å². The van der Waals surface area contributed by atoms with Gasteiger partial charge < -0.3 is 20.1 Å². The number of amides is 1. The summed E-state index contributed by atoms with van der Waals surface area (Å²) in [4.78, 5) is 13.9. The quantitative estimate of drug-likeness (QED) is 0.929. The van der Waals surface area contributed by atoms with E-state index in [1.807, 2.05) is 39.8 Å². The van der Waals surface area contributed by atoms with Gasteiger partial charge in [-0.25, -0.2) is 4.79 Å². The summed E-state index contributed by atoms with van der Waals surface area (Å²) in [6.45, 7) is 9.43. The number of hydrogen-bond acceptors (Lipinski definition) is 4. The molecule has 0 saturated carbocycles. The fourth-order valence-corrected chi connectivity index (χ4v) is 2.87. The molecule has 1 amide bonds. The molecule has 1 fully saturated rings. The number of likely N-dealkylation sites (tertiary alicyclic amines) is 1. The van der Waals surface area contributed by atoms with Crippen molar-refractivity contribution >= 4 is 6.09 Å². The van der Waals surface area contributed by atoms with E-state index in [1.165, 1.54) is 5.56 Å². The summed E-state index contributed by atoms with van der Waals surface area (Å²) < 4.78 is 10.9. The molecule has 1 aliphatic heterocycles. The summed E-state index contributed by atoms with van der Waals surface area (Å²) in [6, 6.07) is 8.00. The third kappa shape index (κ3) is 4.86. The van der Waals surface area contributed by atoms with Crippen LogP contribution >= 0.6 is 0 Å². The highest BCUT2D eigenvalue weighted by atomic mass is 16.6. The fourth-order valence-electron chi connectivity index (χ4n) is 2.87. The molecule has 1 aliphatic rings. The number of nitrogens with two attached hydrogens (primary N) is 1. The first kappa shape index (κ1) is 17.6. The second-order valence-corrected chi connectivity index (χ2v) is 6.99. The largest absolute Gasteiger partial charge is 0.494 e. The number of carbonyl (C=O) groups is 1. The summed E-state index contributed by atoms with van der Waals surface area (Å²) >= 11 is 0. The van der Waals surface area contributed by atoms with Crippen molar-refractivity contribution in [2.45, 2.75) is 51.7 Å². The Labute approximate surface area is 138 Å². The van der Waals surface area contributed by atoms with Crippen LogP contribution in [0.25, 0.3) is 0 Å². The predicted octanol–water partition coefficient (Wildman–Crippen LogP) is 3.14. The molecule has 0 aliphatic carbocycles. The topological polar surface area (TPSA) is 64.8 Å². The van der Waals surface area contributed by atoms with Crippen molar-refractivity contribution in [3.05, 3.63) is 29.8 Å². The second kappa shape index (κ2) is 7.21. The van der Waals surface area contributed by atoms with Crippen molar-refractivity contribution in [2.75, 3.05) is 19.7 Å². The van der Waals surface area contributed by atoms with Crippen LogP contribution in [0.4, 0.5) is 4.79 Å². The van der Waals surface area contributed by atoms with Crippen LogP contribution < -0.4 is 10.5 Å². The summed E-state index contributed by atoms with van der Waals surface area (Å²) in [7, 11) is 0. The molecule has 1 aromatic carbocycles. The first-order valence-electron chi connectivity index (χ1n) is 8.26. The van der Waals surface area contributed by atoms with Gasteiger partial charge in [-0.15, -0.1) is 0 Å². The van der Waals surface area contributed by atoms with Crippen LogP contribution in [0, 0.1) is 0 Å². The Bertz CT molecular complexity index is 522. The number of carbonyl (C=O) groups excluding carboxylic acids is 1. The van der Waals surface area contributed by atoms with Gasteiger partial charge in [-0.3, -0.25) is 0 Å². The van der Waals surface area contributed by atoms with Crippen molar-refractivity contribution in [3.63, 3.8) is 0 Å². The molecule has 0 bridgehead atoms. The van der Waals surface area contributed by atoms with E-state index in [0.29, 0.717) is 19.7 Å². The second-order valence-electron chi connectivity index (χ2n) is 6.99. The molecule has 5 nitrogen and oxygen atoms in total. The Morgan fingerprint density at radius 1 is 1.30 bits per heavy atom. The lowest BCUT2D eigenvalue weighted by Crippen LogP contribution is -2.50. The van der Waals surface area contributed by atoms with Gasteiger partial charge in [0.1, 0.15) is 11.4 Å². The highest BCUT2D eigenvalue weighted by molar-refractivity contribution is 5.68. The molecule has 1 heterocycles. The minimum Gasteiger partial charge on any atom is -0.494 e. The zero-order valence-corrected chi connectivity index (χ0v) is 14.5. The van der Waals surface area contributed by atoms with Crippen LogP contribution in [-0.2, 0) is 4.74 Å². The van der Waals surface area contributed by atoms with Gasteiger partial charge in [-0.1, -0.05) is 12.1 Å². The molecule has 0 radical (unpaired) electrons. The number of hydrogen-bond donors (Lipinski definition) is 1. The summed E-state index contributed by atoms with van der Waals surface area (Å²) in [5, 5.41) is 0. The molecular weight excluding hydrogens is 292 g/mol. The molecule has 1 saturated heterocycles. The van der Waals surface area contributed by atoms with E-state index in [9.17, 15) is 4.79 Å². The van der Waals surface area contributed by atoms with Gasteiger partial charge in [0.2, 0.25) is 0 Å². The Morgan fingerprint density at radius 2 is 1.96 bits per heavy atom. The van der Waals surface area contributed by atoms with Gasteiger partial charge in [0, 0.05) is 25.0 Å². The third-order valence-electron chi connectivity index (χ3n) is 3.93. The van der Waals surface area contributed by atoms with E-state index in [-0.39, 0.29) is 18.1 Å². The smallest absolute Gasteiger partial charge is 0.410 e. The van der Waals surface area contributed by atoms with E-state index in [4.69, 9.17) is 15.2 Å². The van der Waals surface area contributed by atoms with Crippen LogP contribution in [-0.4, -0.2) is 42.3 Å². The zero-order valence-electron chi connectivity index (χ0n) is 14.5. The van der Waals surface area contributed by atoms with Crippen molar-refractivity contribution in [2.24, 2.45) is 5.73 Å². The van der Waals surface area contributed by atoms with Crippen molar-refractivity contribution in [1.82, 2.24) is 4.90 Å². The molecule has 5 heteroatoms. The lowest BCUT2D eigenvalue weighted by atomic mass is 9.86. The number of benzene rings is 1. The first-order chi connectivity index (χ1) is 10.8. The fraction of sp³-hybridized carbons (Fsp3) is 0.611. The SMILES string of the molecule is CCOc1ccc([C@@H]2CCN(C(=O)OC(C)(C)C)C[C@H]2N)cc1.